The van der Waals surface area contributed by atoms with Crippen molar-refractivity contribution in [1.29, 1.82) is 0 Å². The minimum atomic E-state index is 0.147. The number of aromatic nitrogens is 2. The van der Waals surface area contributed by atoms with Gasteiger partial charge in [-0.2, -0.15) is 9.97 Å². The largest absolute Gasteiger partial charge is 0.361 e. The molecular formula is C29H42N6S. The van der Waals surface area contributed by atoms with Gasteiger partial charge >= 0.3 is 0 Å². The standard InChI is InChI=1S/C29H42N6S/c1-22-11-10-17-34(20-22)25-19-26(35-18-9-6-12-23(35)2)32-27(31-25)33-28(36)30-21-29(15-7-8-16-29)24-13-4-3-5-14-24/h3-5,13-14,19,22-23H,6-12,15-18,20-21H2,1-2H3,(H2,30,31,32,33,36). The van der Waals surface area contributed by atoms with Crippen LogP contribution < -0.4 is 20.4 Å². The van der Waals surface area contributed by atoms with Crippen LogP contribution in [-0.2, 0) is 5.41 Å². The van der Waals surface area contributed by atoms with Gasteiger partial charge in [-0.3, -0.25) is 0 Å². The Labute approximate surface area is 222 Å². The van der Waals surface area contributed by atoms with E-state index in [0.717, 1.165) is 37.8 Å². The summed E-state index contributed by atoms with van der Waals surface area (Å²) in [4.78, 5) is 14.8. The van der Waals surface area contributed by atoms with E-state index >= 15 is 0 Å². The first kappa shape index (κ1) is 25.2. The minimum absolute atomic E-state index is 0.147. The van der Waals surface area contributed by atoms with Crippen molar-refractivity contribution in [3.63, 3.8) is 0 Å². The molecule has 2 aliphatic heterocycles. The van der Waals surface area contributed by atoms with Crippen molar-refractivity contribution < 1.29 is 0 Å². The topological polar surface area (TPSA) is 56.3 Å². The van der Waals surface area contributed by atoms with E-state index in [-0.39, 0.29) is 5.41 Å². The summed E-state index contributed by atoms with van der Waals surface area (Å²) in [5.74, 6) is 3.33. The Morgan fingerprint density at radius 3 is 2.50 bits per heavy atom. The fraction of sp³-hybridized carbons (Fsp3) is 0.621. The van der Waals surface area contributed by atoms with E-state index in [9.17, 15) is 0 Å². The molecule has 2 aromatic rings. The van der Waals surface area contributed by atoms with Gasteiger partial charge in [-0.15, -0.1) is 0 Å². The van der Waals surface area contributed by atoms with Crippen molar-refractivity contribution in [2.24, 2.45) is 5.92 Å². The first-order valence-corrected chi connectivity index (χ1v) is 14.4. The van der Waals surface area contributed by atoms with Crippen LogP contribution in [0, 0.1) is 5.92 Å². The third-order valence-corrected chi connectivity index (χ3v) is 8.78. The molecule has 0 spiro atoms. The van der Waals surface area contributed by atoms with Gasteiger partial charge in [-0.1, -0.05) is 50.1 Å². The molecule has 3 fully saturated rings. The van der Waals surface area contributed by atoms with E-state index in [1.54, 1.807) is 0 Å². The number of thiocarbonyl (C=S) groups is 1. The number of nitrogens with one attached hydrogen (secondary N) is 2. The number of anilines is 3. The molecule has 1 saturated carbocycles. The Morgan fingerprint density at radius 2 is 1.75 bits per heavy atom. The van der Waals surface area contributed by atoms with Crippen LogP contribution in [0.5, 0.6) is 0 Å². The number of piperidine rings is 2. The van der Waals surface area contributed by atoms with Crippen LogP contribution in [0.4, 0.5) is 17.6 Å². The molecule has 2 N–H and O–H groups in total. The van der Waals surface area contributed by atoms with Crippen molar-refractivity contribution in [2.75, 3.05) is 41.3 Å². The van der Waals surface area contributed by atoms with Crippen molar-refractivity contribution >= 4 is 34.9 Å². The lowest BCUT2D eigenvalue weighted by atomic mass is 9.79. The maximum atomic E-state index is 5.78. The summed E-state index contributed by atoms with van der Waals surface area (Å²) in [6.07, 6.45) is 11.2. The molecule has 7 heteroatoms. The Hall–Kier alpha value is -2.41. The summed E-state index contributed by atoms with van der Waals surface area (Å²) in [5.41, 5.74) is 1.56. The minimum Gasteiger partial charge on any atom is -0.361 e. The van der Waals surface area contributed by atoms with E-state index in [0.29, 0.717) is 23.0 Å². The Morgan fingerprint density at radius 1 is 0.972 bits per heavy atom. The molecule has 2 saturated heterocycles. The quantitative estimate of drug-likeness (QED) is 0.474. The zero-order valence-corrected chi connectivity index (χ0v) is 22.8. The first-order chi connectivity index (χ1) is 17.5. The number of hydrogen-bond acceptors (Lipinski definition) is 5. The lowest BCUT2D eigenvalue weighted by Gasteiger charge is -2.36. The average Bonchev–Trinajstić information content (AvgIpc) is 3.38. The van der Waals surface area contributed by atoms with Crippen molar-refractivity contribution in [3.05, 3.63) is 42.0 Å². The van der Waals surface area contributed by atoms with Crippen molar-refractivity contribution in [2.45, 2.75) is 83.1 Å². The lowest BCUT2D eigenvalue weighted by molar-refractivity contribution is 0.435. The summed E-state index contributed by atoms with van der Waals surface area (Å²) in [6, 6.07) is 13.6. The summed E-state index contributed by atoms with van der Waals surface area (Å²) >= 11 is 5.78. The molecule has 3 aliphatic rings. The van der Waals surface area contributed by atoms with Gasteiger partial charge in [0.1, 0.15) is 11.6 Å². The van der Waals surface area contributed by atoms with E-state index in [2.05, 4.69) is 70.7 Å². The van der Waals surface area contributed by atoms with E-state index in [1.165, 1.54) is 63.4 Å². The summed E-state index contributed by atoms with van der Waals surface area (Å²) in [7, 11) is 0. The zero-order chi connectivity index (χ0) is 25.0. The van der Waals surface area contributed by atoms with Gasteiger partial charge in [0, 0.05) is 43.7 Å². The summed E-state index contributed by atoms with van der Waals surface area (Å²) in [6.45, 7) is 8.64. The SMILES string of the molecule is CC1CCCN(c2cc(N3CCCCC3C)nc(NC(=S)NCC3(c4ccccc4)CCCC3)n2)C1. The lowest BCUT2D eigenvalue weighted by Crippen LogP contribution is -2.41. The predicted octanol–water partition coefficient (Wildman–Crippen LogP) is 5.89. The molecule has 0 radical (unpaired) electrons. The van der Waals surface area contributed by atoms with Gasteiger partial charge in [0.2, 0.25) is 5.95 Å². The molecule has 6 nitrogen and oxygen atoms in total. The third-order valence-electron chi connectivity index (χ3n) is 8.54. The van der Waals surface area contributed by atoms with Crippen LogP contribution in [0.2, 0.25) is 0 Å². The molecule has 1 aromatic carbocycles. The third kappa shape index (κ3) is 5.77. The normalized spacial score (nSPS) is 23.9. The van der Waals surface area contributed by atoms with Crippen LogP contribution in [0.25, 0.3) is 0 Å². The molecule has 194 valence electrons. The predicted molar refractivity (Wildman–Crippen MR) is 154 cm³/mol. The molecule has 1 aliphatic carbocycles. The number of benzene rings is 1. The van der Waals surface area contributed by atoms with Gasteiger partial charge in [0.05, 0.1) is 0 Å². The molecule has 1 aromatic heterocycles. The maximum absolute atomic E-state index is 5.78. The van der Waals surface area contributed by atoms with Gasteiger partial charge in [-0.05, 0) is 75.6 Å². The maximum Gasteiger partial charge on any atom is 0.232 e. The van der Waals surface area contributed by atoms with Crippen molar-refractivity contribution in [3.8, 4) is 0 Å². The van der Waals surface area contributed by atoms with Crippen molar-refractivity contribution in [1.82, 2.24) is 15.3 Å². The van der Waals surface area contributed by atoms with Crippen LogP contribution in [-0.4, -0.2) is 47.3 Å². The fourth-order valence-corrected chi connectivity index (χ4v) is 6.59. The molecule has 2 unspecified atom stereocenters. The van der Waals surface area contributed by atoms with E-state index < -0.39 is 0 Å². The van der Waals surface area contributed by atoms with Crippen LogP contribution in [0.1, 0.15) is 77.2 Å². The second-order valence-electron chi connectivity index (χ2n) is 11.3. The average molecular weight is 507 g/mol. The molecule has 2 atom stereocenters. The highest BCUT2D eigenvalue weighted by Crippen LogP contribution is 2.40. The molecule has 0 amide bonds. The van der Waals surface area contributed by atoms with E-state index in [1.807, 2.05) is 0 Å². The first-order valence-electron chi connectivity index (χ1n) is 14.0. The Bertz CT molecular complexity index is 1020. The highest BCUT2D eigenvalue weighted by molar-refractivity contribution is 7.80. The smallest absolute Gasteiger partial charge is 0.232 e. The van der Waals surface area contributed by atoms with Crippen LogP contribution in [0.15, 0.2) is 36.4 Å². The van der Waals surface area contributed by atoms with E-state index in [4.69, 9.17) is 22.2 Å². The second-order valence-corrected chi connectivity index (χ2v) is 11.7. The number of nitrogens with zero attached hydrogens (tertiary/aromatic N) is 4. The van der Waals surface area contributed by atoms with Gasteiger partial charge in [0.15, 0.2) is 5.11 Å². The van der Waals surface area contributed by atoms with Crippen LogP contribution in [0.3, 0.4) is 0 Å². The molecule has 0 bridgehead atoms. The fourth-order valence-electron chi connectivity index (χ4n) is 6.43. The monoisotopic (exact) mass is 506 g/mol. The number of hydrogen-bond donors (Lipinski definition) is 2. The highest BCUT2D eigenvalue weighted by Gasteiger charge is 2.35. The van der Waals surface area contributed by atoms with Gasteiger partial charge in [0.25, 0.3) is 0 Å². The molecule has 36 heavy (non-hydrogen) atoms. The summed E-state index contributed by atoms with van der Waals surface area (Å²) in [5, 5.41) is 7.51. The zero-order valence-electron chi connectivity index (χ0n) is 22.0. The molecule has 5 rings (SSSR count). The van der Waals surface area contributed by atoms with Gasteiger partial charge < -0.3 is 20.4 Å². The summed E-state index contributed by atoms with van der Waals surface area (Å²) < 4.78 is 0. The van der Waals surface area contributed by atoms with Gasteiger partial charge in [-0.25, -0.2) is 0 Å². The highest BCUT2D eigenvalue weighted by atomic mass is 32.1. The van der Waals surface area contributed by atoms with Crippen LogP contribution >= 0.6 is 12.2 Å². The second kappa shape index (κ2) is 11.3. The Kier molecular flexibility index (Phi) is 7.94. The molecule has 3 heterocycles. The number of rotatable bonds is 6. The Balaban J connectivity index is 1.33. The molecular weight excluding hydrogens is 464 g/mol.